The second-order valence-corrected chi connectivity index (χ2v) is 7.18. The largest absolute Gasteiger partial charge is 0.494 e. The van der Waals surface area contributed by atoms with Crippen LogP contribution in [0.5, 0.6) is 5.75 Å². The van der Waals surface area contributed by atoms with Crippen molar-refractivity contribution >= 4 is 29.3 Å². The van der Waals surface area contributed by atoms with Crippen molar-refractivity contribution in [3.8, 4) is 5.75 Å². The van der Waals surface area contributed by atoms with Crippen molar-refractivity contribution < 1.29 is 13.9 Å². The standard InChI is InChI=1S/C20H23ClFNO2S/c1-2-25-18-9-5-15(6-10-18)4-3-11-23-20(24)14-26-13-16-7-8-17(21)12-19(16)22/h5-10,12H,2-4,11,13-14H2,1H3,(H,23,24). The number of aryl methyl sites for hydroxylation is 1. The van der Waals surface area contributed by atoms with Gasteiger partial charge in [-0.05, 0) is 55.2 Å². The van der Waals surface area contributed by atoms with Crippen LogP contribution in [-0.2, 0) is 17.0 Å². The molecule has 0 aliphatic heterocycles. The quantitative estimate of drug-likeness (QED) is 0.584. The summed E-state index contributed by atoms with van der Waals surface area (Å²) in [6, 6.07) is 12.6. The molecule has 1 amide bonds. The Kier molecular flexibility index (Phi) is 8.78. The molecular weight excluding hydrogens is 373 g/mol. The number of hydrogen-bond acceptors (Lipinski definition) is 3. The van der Waals surface area contributed by atoms with Gasteiger partial charge in [0.15, 0.2) is 0 Å². The number of thioether (sulfide) groups is 1. The Hall–Kier alpha value is -1.72. The summed E-state index contributed by atoms with van der Waals surface area (Å²) >= 11 is 7.11. The van der Waals surface area contributed by atoms with Crippen LogP contribution in [0.4, 0.5) is 4.39 Å². The van der Waals surface area contributed by atoms with Gasteiger partial charge in [-0.15, -0.1) is 11.8 Å². The molecule has 0 heterocycles. The van der Waals surface area contributed by atoms with Crippen molar-refractivity contribution in [2.75, 3.05) is 18.9 Å². The fraction of sp³-hybridized carbons (Fsp3) is 0.350. The number of carbonyl (C=O) groups excluding carboxylic acids is 1. The third-order valence-electron chi connectivity index (χ3n) is 3.70. The Morgan fingerprint density at radius 2 is 2.00 bits per heavy atom. The van der Waals surface area contributed by atoms with Gasteiger partial charge in [-0.1, -0.05) is 29.8 Å². The van der Waals surface area contributed by atoms with E-state index in [0.29, 0.717) is 35.2 Å². The summed E-state index contributed by atoms with van der Waals surface area (Å²) in [6.45, 7) is 3.25. The minimum absolute atomic E-state index is 0.0314. The van der Waals surface area contributed by atoms with Crippen LogP contribution in [-0.4, -0.2) is 24.8 Å². The zero-order valence-corrected chi connectivity index (χ0v) is 16.3. The molecule has 1 N–H and O–H groups in total. The average Bonchev–Trinajstić information content (AvgIpc) is 2.62. The molecule has 0 aromatic heterocycles. The number of benzene rings is 2. The molecule has 2 aromatic rings. The Morgan fingerprint density at radius 1 is 1.23 bits per heavy atom. The van der Waals surface area contributed by atoms with E-state index in [1.807, 2.05) is 31.2 Å². The first-order valence-corrected chi connectivity index (χ1v) is 10.1. The summed E-state index contributed by atoms with van der Waals surface area (Å²) < 4.78 is 19.1. The van der Waals surface area contributed by atoms with Gasteiger partial charge in [-0.3, -0.25) is 4.79 Å². The van der Waals surface area contributed by atoms with E-state index in [1.165, 1.54) is 23.4 Å². The van der Waals surface area contributed by atoms with Crippen LogP contribution >= 0.6 is 23.4 Å². The highest BCUT2D eigenvalue weighted by Gasteiger charge is 2.06. The third-order valence-corrected chi connectivity index (χ3v) is 4.92. The zero-order valence-electron chi connectivity index (χ0n) is 14.8. The van der Waals surface area contributed by atoms with Gasteiger partial charge in [0.05, 0.1) is 12.4 Å². The van der Waals surface area contributed by atoms with Crippen molar-refractivity contribution in [2.24, 2.45) is 0 Å². The number of ether oxygens (including phenoxy) is 1. The molecule has 26 heavy (non-hydrogen) atoms. The van der Waals surface area contributed by atoms with Crippen LogP contribution in [0, 0.1) is 5.82 Å². The van der Waals surface area contributed by atoms with E-state index < -0.39 is 0 Å². The van der Waals surface area contributed by atoms with Crippen LogP contribution in [0.1, 0.15) is 24.5 Å². The van der Waals surface area contributed by atoms with Crippen LogP contribution in [0.3, 0.4) is 0 Å². The highest BCUT2D eigenvalue weighted by atomic mass is 35.5. The van der Waals surface area contributed by atoms with Crippen LogP contribution < -0.4 is 10.1 Å². The monoisotopic (exact) mass is 395 g/mol. The summed E-state index contributed by atoms with van der Waals surface area (Å²) in [5, 5.41) is 3.27. The topological polar surface area (TPSA) is 38.3 Å². The molecule has 0 bridgehead atoms. The van der Waals surface area contributed by atoms with Crippen LogP contribution in [0.15, 0.2) is 42.5 Å². The lowest BCUT2D eigenvalue weighted by atomic mass is 10.1. The van der Waals surface area contributed by atoms with E-state index in [1.54, 1.807) is 12.1 Å². The number of halogens is 2. The molecule has 0 radical (unpaired) electrons. The van der Waals surface area contributed by atoms with Gasteiger partial charge in [-0.25, -0.2) is 4.39 Å². The molecular formula is C20H23ClFNO2S. The lowest BCUT2D eigenvalue weighted by molar-refractivity contribution is -0.118. The molecule has 0 fully saturated rings. The molecule has 140 valence electrons. The molecule has 0 aliphatic rings. The van der Waals surface area contributed by atoms with E-state index in [-0.39, 0.29) is 11.7 Å². The van der Waals surface area contributed by atoms with Gasteiger partial charge in [0.1, 0.15) is 11.6 Å². The van der Waals surface area contributed by atoms with E-state index in [9.17, 15) is 9.18 Å². The molecule has 0 spiro atoms. The molecule has 0 saturated carbocycles. The zero-order chi connectivity index (χ0) is 18.8. The van der Waals surface area contributed by atoms with Crippen LogP contribution in [0.25, 0.3) is 0 Å². The summed E-state index contributed by atoms with van der Waals surface area (Å²) in [4.78, 5) is 11.8. The van der Waals surface area contributed by atoms with Gasteiger partial charge >= 0.3 is 0 Å². The molecule has 0 saturated heterocycles. The smallest absolute Gasteiger partial charge is 0.230 e. The minimum atomic E-state index is -0.333. The number of rotatable bonds is 10. The van der Waals surface area contributed by atoms with Gasteiger partial charge in [0, 0.05) is 17.3 Å². The van der Waals surface area contributed by atoms with Crippen molar-refractivity contribution in [1.82, 2.24) is 5.32 Å². The fourth-order valence-electron chi connectivity index (χ4n) is 2.38. The average molecular weight is 396 g/mol. The molecule has 0 atom stereocenters. The Bertz CT molecular complexity index is 709. The van der Waals surface area contributed by atoms with E-state index in [2.05, 4.69) is 5.32 Å². The number of carbonyl (C=O) groups is 1. The fourth-order valence-corrected chi connectivity index (χ4v) is 3.39. The molecule has 0 aliphatic carbocycles. The summed E-state index contributed by atoms with van der Waals surface area (Å²) in [5.74, 6) is 1.27. The molecule has 3 nitrogen and oxygen atoms in total. The summed E-state index contributed by atoms with van der Waals surface area (Å²) in [6.07, 6.45) is 1.77. The molecule has 2 rings (SSSR count). The third kappa shape index (κ3) is 7.26. The SMILES string of the molecule is CCOc1ccc(CCCNC(=O)CSCc2ccc(Cl)cc2F)cc1. The molecule has 6 heteroatoms. The number of hydrogen-bond donors (Lipinski definition) is 1. The first-order chi connectivity index (χ1) is 12.6. The van der Waals surface area contributed by atoms with Crippen molar-refractivity contribution in [2.45, 2.75) is 25.5 Å². The number of nitrogens with one attached hydrogen (secondary N) is 1. The van der Waals surface area contributed by atoms with E-state index in [4.69, 9.17) is 16.3 Å². The van der Waals surface area contributed by atoms with Gasteiger partial charge in [-0.2, -0.15) is 0 Å². The van der Waals surface area contributed by atoms with Crippen molar-refractivity contribution in [1.29, 1.82) is 0 Å². The maximum Gasteiger partial charge on any atom is 0.230 e. The highest BCUT2D eigenvalue weighted by molar-refractivity contribution is 7.99. The normalized spacial score (nSPS) is 10.6. The van der Waals surface area contributed by atoms with Gasteiger partial charge < -0.3 is 10.1 Å². The molecule has 0 unspecified atom stereocenters. The molecule has 2 aromatic carbocycles. The highest BCUT2D eigenvalue weighted by Crippen LogP contribution is 2.19. The van der Waals surface area contributed by atoms with Crippen LogP contribution in [0.2, 0.25) is 5.02 Å². The van der Waals surface area contributed by atoms with E-state index in [0.717, 1.165) is 18.6 Å². The summed E-state index contributed by atoms with van der Waals surface area (Å²) in [5.41, 5.74) is 1.78. The Morgan fingerprint density at radius 3 is 2.69 bits per heavy atom. The van der Waals surface area contributed by atoms with Gasteiger partial charge in [0.2, 0.25) is 5.91 Å². The number of amides is 1. The Labute approximate surface area is 163 Å². The maximum absolute atomic E-state index is 13.6. The van der Waals surface area contributed by atoms with Crippen molar-refractivity contribution in [3.63, 3.8) is 0 Å². The van der Waals surface area contributed by atoms with Crippen molar-refractivity contribution in [3.05, 3.63) is 64.4 Å². The van der Waals surface area contributed by atoms with Gasteiger partial charge in [0.25, 0.3) is 0 Å². The first-order valence-electron chi connectivity index (χ1n) is 8.58. The predicted molar refractivity (Wildman–Crippen MR) is 107 cm³/mol. The first kappa shape index (κ1) is 20.6. The second kappa shape index (κ2) is 11.1. The Balaban J connectivity index is 1.60. The summed E-state index contributed by atoms with van der Waals surface area (Å²) in [7, 11) is 0. The lowest BCUT2D eigenvalue weighted by Crippen LogP contribution is -2.26. The maximum atomic E-state index is 13.6. The lowest BCUT2D eigenvalue weighted by Gasteiger charge is -2.07. The second-order valence-electron chi connectivity index (χ2n) is 5.76. The van der Waals surface area contributed by atoms with E-state index >= 15 is 0 Å². The predicted octanol–water partition coefficient (Wildman–Crippen LogP) is 4.86. The minimum Gasteiger partial charge on any atom is -0.494 e.